The van der Waals surface area contributed by atoms with E-state index in [9.17, 15) is 13.2 Å². The molecule has 0 radical (unpaired) electrons. The van der Waals surface area contributed by atoms with Crippen molar-refractivity contribution < 1.29 is 17.9 Å². The molecule has 0 amide bonds. The lowest BCUT2D eigenvalue weighted by Gasteiger charge is -2.34. The van der Waals surface area contributed by atoms with Crippen LogP contribution in [0.2, 0.25) is 0 Å². The maximum Gasteiger partial charge on any atom is 0.379 e. The molecule has 0 bridgehead atoms. The summed E-state index contributed by atoms with van der Waals surface area (Å²) in [5.41, 5.74) is 6.67. The third-order valence-electron chi connectivity index (χ3n) is 6.09. The van der Waals surface area contributed by atoms with Crippen LogP contribution >= 0.6 is 0 Å². The second-order valence-electron chi connectivity index (χ2n) is 8.39. The van der Waals surface area contributed by atoms with Crippen LogP contribution < -0.4 is 4.90 Å². The van der Waals surface area contributed by atoms with E-state index in [0.29, 0.717) is 18.2 Å². The summed E-state index contributed by atoms with van der Waals surface area (Å²) in [7, 11) is 0. The molecule has 10 heteroatoms. The van der Waals surface area contributed by atoms with E-state index in [1.54, 1.807) is 0 Å². The number of fused-ring (bicyclic) bond motifs is 1. The van der Waals surface area contributed by atoms with Crippen LogP contribution in [0, 0.1) is 20.8 Å². The molecule has 5 rings (SSSR count). The number of anilines is 1. The molecule has 3 aromatic rings. The van der Waals surface area contributed by atoms with Crippen molar-refractivity contribution >= 4 is 17.1 Å². The summed E-state index contributed by atoms with van der Waals surface area (Å²) in [6.45, 7) is 4.47. The molecule has 1 saturated heterocycles. The van der Waals surface area contributed by atoms with Gasteiger partial charge in [-0.2, -0.15) is 18.2 Å². The first-order valence-electron chi connectivity index (χ1n) is 11.1. The van der Waals surface area contributed by atoms with Gasteiger partial charge in [0.1, 0.15) is 11.6 Å². The van der Waals surface area contributed by atoms with Gasteiger partial charge in [0.05, 0.1) is 30.2 Å². The molecular weight excluding hydrogens is 433 g/mol. The van der Waals surface area contributed by atoms with E-state index < -0.39 is 6.68 Å². The first-order chi connectivity index (χ1) is 15.8. The topological polar surface area (TPSA) is 76.9 Å². The number of nitrogens with zero attached hydrogens (tertiary/aromatic N) is 6. The van der Waals surface area contributed by atoms with Crippen LogP contribution in [0.1, 0.15) is 59.6 Å². The van der Waals surface area contributed by atoms with Crippen molar-refractivity contribution in [2.24, 2.45) is 0 Å². The van der Waals surface area contributed by atoms with Crippen molar-refractivity contribution in [1.29, 1.82) is 0 Å². The van der Waals surface area contributed by atoms with Gasteiger partial charge in [0.15, 0.2) is 5.65 Å². The number of rotatable bonds is 3. The summed E-state index contributed by atoms with van der Waals surface area (Å²) >= 11 is 0. The Labute approximate surface area is 190 Å². The van der Waals surface area contributed by atoms with Crippen molar-refractivity contribution in [3.63, 3.8) is 0 Å². The zero-order valence-electron chi connectivity index (χ0n) is 18.9. The Morgan fingerprint density at radius 2 is 1.76 bits per heavy atom. The highest BCUT2D eigenvalue weighted by Crippen LogP contribution is 2.38. The molecule has 1 atom stereocenters. The van der Waals surface area contributed by atoms with E-state index in [1.165, 1.54) is 19.3 Å². The SMILES string of the molecule is Cc1cc(C2CN(c3nc(C4CCC4)c4nc(C)c(C)nc4n3)CCO2)ccn1.FC(F)F. The lowest BCUT2D eigenvalue weighted by molar-refractivity contribution is 0.00819. The fourth-order valence-corrected chi connectivity index (χ4v) is 4.03. The predicted molar refractivity (Wildman–Crippen MR) is 118 cm³/mol. The number of alkyl halides is 3. The third kappa shape index (κ3) is 5.38. The van der Waals surface area contributed by atoms with Gasteiger partial charge in [-0.05, 0) is 51.3 Å². The Hall–Kier alpha value is -2.88. The van der Waals surface area contributed by atoms with Gasteiger partial charge in [-0.1, -0.05) is 6.42 Å². The highest BCUT2D eigenvalue weighted by atomic mass is 19.4. The standard InChI is InChI=1S/C22H26N6O.CHF3/c1-13-11-17(7-8-23-13)18-12-28(9-10-29-18)22-26-19(16-5-4-6-16)20-21(27-22)25-15(3)14(2)24-20;2-1(3)4/h7-8,11,16,18H,4-6,9-10,12H2,1-3H3;1H. The Morgan fingerprint density at radius 3 is 2.42 bits per heavy atom. The smallest absolute Gasteiger partial charge is 0.370 e. The van der Waals surface area contributed by atoms with Crippen molar-refractivity contribution in [2.45, 2.75) is 58.7 Å². The van der Waals surface area contributed by atoms with Crippen LogP contribution in [0.5, 0.6) is 0 Å². The minimum absolute atomic E-state index is 0.0114. The summed E-state index contributed by atoms with van der Waals surface area (Å²) in [5.74, 6) is 1.21. The molecule has 7 nitrogen and oxygen atoms in total. The Kier molecular flexibility index (Phi) is 7.02. The first-order valence-corrected chi connectivity index (χ1v) is 11.1. The van der Waals surface area contributed by atoms with E-state index in [1.807, 2.05) is 33.0 Å². The molecule has 2 fully saturated rings. The van der Waals surface area contributed by atoms with Crippen LogP contribution in [-0.2, 0) is 4.74 Å². The normalized spacial score (nSPS) is 18.8. The lowest BCUT2D eigenvalue weighted by atomic mass is 9.82. The van der Waals surface area contributed by atoms with Crippen molar-refractivity contribution in [2.75, 3.05) is 24.6 Å². The van der Waals surface area contributed by atoms with Gasteiger partial charge in [0.2, 0.25) is 5.95 Å². The van der Waals surface area contributed by atoms with Gasteiger partial charge >= 0.3 is 6.68 Å². The molecule has 4 heterocycles. The molecule has 0 aromatic carbocycles. The molecule has 1 saturated carbocycles. The number of aromatic nitrogens is 5. The van der Waals surface area contributed by atoms with Gasteiger partial charge < -0.3 is 9.64 Å². The summed E-state index contributed by atoms with van der Waals surface area (Å²) < 4.78 is 35.1. The van der Waals surface area contributed by atoms with E-state index in [2.05, 4.69) is 16.0 Å². The predicted octanol–water partition coefficient (Wildman–Crippen LogP) is 4.76. The zero-order valence-corrected chi connectivity index (χ0v) is 18.9. The molecule has 1 aliphatic heterocycles. The number of halogens is 3. The van der Waals surface area contributed by atoms with E-state index in [-0.39, 0.29) is 6.10 Å². The van der Waals surface area contributed by atoms with Gasteiger partial charge in [0, 0.05) is 24.4 Å². The van der Waals surface area contributed by atoms with Crippen molar-refractivity contribution in [1.82, 2.24) is 24.9 Å². The molecule has 2 aliphatic rings. The largest absolute Gasteiger partial charge is 0.379 e. The van der Waals surface area contributed by atoms with Crippen LogP contribution in [0.25, 0.3) is 11.2 Å². The number of hydrogen-bond acceptors (Lipinski definition) is 7. The van der Waals surface area contributed by atoms with Crippen molar-refractivity contribution in [3.05, 3.63) is 46.7 Å². The highest BCUT2D eigenvalue weighted by molar-refractivity contribution is 5.75. The van der Waals surface area contributed by atoms with E-state index >= 15 is 0 Å². The van der Waals surface area contributed by atoms with Gasteiger partial charge in [0.25, 0.3) is 0 Å². The zero-order chi connectivity index (χ0) is 23.5. The van der Waals surface area contributed by atoms with Crippen LogP contribution in [0.3, 0.4) is 0 Å². The fourth-order valence-electron chi connectivity index (χ4n) is 4.03. The molecule has 1 aliphatic carbocycles. The Morgan fingerprint density at radius 1 is 1.03 bits per heavy atom. The molecule has 33 heavy (non-hydrogen) atoms. The van der Waals surface area contributed by atoms with Crippen LogP contribution in [0.4, 0.5) is 19.1 Å². The maximum absolute atomic E-state index is 9.67. The van der Waals surface area contributed by atoms with Crippen LogP contribution in [-0.4, -0.2) is 51.3 Å². The number of ether oxygens (including phenoxy) is 1. The lowest BCUT2D eigenvalue weighted by Crippen LogP contribution is -2.39. The number of aryl methyl sites for hydroxylation is 3. The maximum atomic E-state index is 9.67. The first kappa shape index (κ1) is 23.3. The Bertz CT molecular complexity index is 1120. The number of hydrogen-bond donors (Lipinski definition) is 0. The van der Waals surface area contributed by atoms with Crippen molar-refractivity contribution in [3.8, 4) is 0 Å². The summed E-state index contributed by atoms with van der Waals surface area (Å²) in [4.78, 5) is 25.9. The summed E-state index contributed by atoms with van der Waals surface area (Å²) in [5, 5.41) is 0. The van der Waals surface area contributed by atoms with Gasteiger partial charge in [-0.3, -0.25) is 4.98 Å². The summed E-state index contributed by atoms with van der Waals surface area (Å²) in [6, 6.07) is 4.12. The molecule has 0 spiro atoms. The van der Waals surface area contributed by atoms with E-state index in [4.69, 9.17) is 24.7 Å². The quantitative estimate of drug-likeness (QED) is 0.558. The molecule has 176 valence electrons. The third-order valence-corrected chi connectivity index (χ3v) is 6.09. The van der Waals surface area contributed by atoms with Crippen LogP contribution in [0.15, 0.2) is 18.3 Å². The monoisotopic (exact) mass is 460 g/mol. The van der Waals surface area contributed by atoms with Gasteiger partial charge in [-0.25, -0.2) is 15.0 Å². The number of morpholine rings is 1. The average molecular weight is 461 g/mol. The average Bonchev–Trinajstić information content (AvgIpc) is 2.73. The second-order valence-corrected chi connectivity index (χ2v) is 8.39. The molecule has 3 aromatic heterocycles. The molecule has 0 N–H and O–H groups in total. The Balaban J connectivity index is 0.000000601. The highest BCUT2D eigenvalue weighted by Gasteiger charge is 2.29. The second kappa shape index (κ2) is 9.94. The minimum atomic E-state index is -3.67. The number of pyridine rings is 1. The summed E-state index contributed by atoms with van der Waals surface area (Å²) in [6.07, 6.45) is 5.42. The molecule has 1 unspecified atom stereocenters. The molecular formula is C23H27F3N6O. The fraction of sp³-hybridized carbons (Fsp3) is 0.522. The van der Waals surface area contributed by atoms with Gasteiger partial charge in [-0.15, -0.1) is 0 Å². The minimum Gasteiger partial charge on any atom is -0.370 e. The van der Waals surface area contributed by atoms with E-state index in [0.717, 1.165) is 52.9 Å².